The summed E-state index contributed by atoms with van der Waals surface area (Å²) in [6.07, 6.45) is 4.27. The largest absolute Gasteiger partial charge is 0.353 e. The first-order valence-electron chi connectivity index (χ1n) is 8.95. The summed E-state index contributed by atoms with van der Waals surface area (Å²) in [5, 5.41) is 3.93. The first-order valence-corrected chi connectivity index (χ1v) is 9.83. The molecule has 3 rings (SSSR count). The SMILES string of the molecule is CC(C)NC(=O)C(C)Sc1nc2ccccc2c(=O)n1C1CCCC1. The van der Waals surface area contributed by atoms with Crippen LogP contribution in [-0.2, 0) is 4.79 Å². The number of nitrogens with one attached hydrogen (secondary N) is 1. The number of carbonyl (C=O) groups excluding carboxylic acids is 1. The molecule has 5 nitrogen and oxygen atoms in total. The van der Waals surface area contributed by atoms with Gasteiger partial charge in [-0.2, -0.15) is 0 Å². The maximum atomic E-state index is 13.1. The van der Waals surface area contributed by atoms with Crippen molar-refractivity contribution >= 4 is 28.6 Å². The molecule has 6 heteroatoms. The van der Waals surface area contributed by atoms with Crippen LogP contribution in [0.1, 0.15) is 52.5 Å². The minimum atomic E-state index is -0.303. The van der Waals surface area contributed by atoms with E-state index in [2.05, 4.69) is 5.32 Å². The van der Waals surface area contributed by atoms with Crippen molar-refractivity contribution < 1.29 is 4.79 Å². The fourth-order valence-corrected chi connectivity index (χ4v) is 4.29. The Morgan fingerprint density at radius 2 is 1.92 bits per heavy atom. The second kappa shape index (κ2) is 7.60. The topological polar surface area (TPSA) is 64.0 Å². The van der Waals surface area contributed by atoms with Gasteiger partial charge < -0.3 is 5.32 Å². The minimum absolute atomic E-state index is 0.0106. The average molecular weight is 359 g/mol. The Balaban J connectivity index is 2.01. The van der Waals surface area contributed by atoms with Crippen LogP contribution in [-0.4, -0.2) is 26.8 Å². The van der Waals surface area contributed by atoms with Gasteiger partial charge in [0, 0.05) is 12.1 Å². The van der Waals surface area contributed by atoms with Gasteiger partial charge in [0.1, 0.15) is 0 Å². The van der Waals surface area contributed by atoms with Crippen LogP contribution >= 0.6 is 11.8 Å². The molecule has 1 fully saturated rings. The van der Waals surface area contributed by atoms with Crippen LogP contribution in [0.2, 0.25) is 0 Å². The average Bonchev–Trinajstić information content (AvgIpc) is 3.08. The summed E-state index contributed by atoms with van der Waals surface area (Å²) in [4.78, 5) is 30.1. The van der Waals surface area contributed by atoms with Crippen molar-refractivity contribution in [2.45, 2.75) is 68.9 Å². The number of aromatic nitrogens is 2. The number of hydrogen-bond donors (Lipinski definition) is 1. The van der Waals surface area contributed by atoms with Gasteiger partial charge in [-0.15, -0.1) is 0 Å². The van der Waals surface area contributed by atoms with Gasteiger partial charge in [-0.25, -0.2) is 4.98 Å². The summed E-state index contributed by atoms with van der Waals surface area (Å²) in [5.41, 5.74) is 0.706. The highest BCUT2D eigenvalue weighted by molar-refractivity contribution is 8.00. The molecule has 0 radical (unpaired) electrons. The van der Waals surface area contributed by atoms with E-state index in [-0.39, 0.29) is 28.8 Å². The number of amides is 1. The van der Waals surface area contributed by atoms with Crippen molar-refractivity contribution in [2.75, 3.05) is 0 Å². The highest BCUT2D eigenvalue weighted by Crippen LogP contribution is 2.33. The Kier molecular flexibility index (Phi) is 5.47. The molecule has 0 spiro atoms. The highest BCUT2D eigenvalue weighted by atomic mass is 32.2. The van der Waals surface area contributed by atoms with Crippen LogP contribution in [0.3, 0.4) is 0 Å². The minimum Gasteiger partial charge on any atom is -0.353 e. The second-order valence-electron chi connectivity index (χ2n) is 6.95. The second-order valence-corrected chi connectivity index (χ2v) is 8.26. The summed E-state index contributed by atoms with van der Waals surface area (Å²) in [7, 11) is 0. The van der Waals surface area contributed by atoms with Crippen molar-refractivity contribution in [1.82, 2.24) is 14.9 Å². The van der Waals surface area contributed by atoms with Gasteiger partial charge in [0.25, 0.3) is 5.56 Å². The molecule has 1 unspecified atom stereocenters. The lowest BCUT2D eigenvalue weighted by Crippen LogP contribution is -2.36. The Bertz CT molecular complexity index is 825. The molecule has 25 heavy (non-hydrogen) atoms. The lowest BCUT2D eigenvalue weighted by atomic mass is 10.2. The smallest absolute Gasteiger partial charge is 0.262 e. The zero-order valence-corrected chi connectivity index (χ0v) is 15.8. The highest BCUT2D eigenvalue weighted by Gasteiger charge is 2.25. The molecule has 1 saturated carbocycles. The number of carbonyl (C=O) groups is 1. The van der Waals surface area contributed by atoms with E-state index in [4.69, 9.17) is 4.98 Å². The van der Waals surface area contributed by atoms with Gasteiger partial charge in [0.15, 0.2) is 5.16 Å². The van der Waals surface area contributed by atoms with Gasteiger partial charge in [0.05, 0.1) is 16.2 Å². The molecule has 134 valence electrons. The molecule has 0 aliphatic heterocycles. The summed E-state index contributed by atoms with van der Waals surface area (Å²) >= 11 is 1.38. The molecular formula is C19H25N3O2S. The molecule has 1 atom stereocenters. The molecule has 2 aromatic rings. The van der Waals surface area contributed by atoms with Crippen LogP contribution in [0.15, 0.2) is 34.2 Å². The molecule has 1 amide bonds. The van der Waals surface area contributed by atoms with E-state index in [1.54, 1.807) is 0 Å². The van der Waals surface area contributed by atoms with Crippen molar-refractivity contribution in [1.29, 1.82) is 0 Å². The van der Waals surface area contributed by atoms with Crippen LogP contribution < -0.4 is 10.9 Å². The van der Waals surface area contributed by atoms with Gasteiger partial charge in [-0.05, 0) is 45.7 Å². The van der Waals surface area contributed by atoms with E-state index in [1.807, 2.05) is 49.6 Å². The van der Waals surface area contributed by atoms with E-state index >= 15 is 0 Å². The zero-order valence-electron chi connectivity index (χ0n) is 15.0. The molecule has 1 N–H and O–H groups in total. The predicted octanol–water partition coefficient (Wildman–Crippen LogP) is 3.52. The van der Waals surface area contributed by atoms with Crippen molar-refractivity contribution in [3.63, 3.8) is 0 Å². The maximum Gasteiger partial charge on any atom is 0.262 e. The van der Waals surface area contributed by atoms with E-state index in [1.165, 1.54) is 11.8 Å². The number of rotatable bonds is 5. The van der Waals surface area contributed by atoms with Crippen LogP contribution in [0.25, 0.3) is 10.9 Å². The number of nitrogens with zero attached hydrogens (tertiary/aromatic N) is 2. The Morgan fingerprint density at radius 3 is 2.60 bits per heavy atom. The quantitative estimate of drug-likeness (QED) is 0.655. The van der Waals surface area contributed by atoms with E-state index < -0.39 is 0 Å². The van der Waals surface area contributed by atoms with Crippen molar-refractivity contribution in [3.8, 4) is 0 Å². The monoisotopic (exact) mass is 359 g/mol. The van der Waals surface area contributed by atoms with Crippen LogP contribution in [0.5, 0.6) is 0 Å². The summed E-state index contributed by atoms with van der Waals surface area (Å²) in [6.45, 7) is 5.75. The third-order valence-corrected chi connectivity index (χ3v) is 5.61. The third kappa shape index (κ3) is 3.89. The standard InChI is InChI=1S/C19H25N3O2S/c1-12(2)20-17(23)13(3)25-19-21-16-11-7-6-10-15(16)18(24)22(19)14-8-4-5-9-14/h6-7,10-14H,4-5,8-9H2,1-3H3,(H,20,23). The van der Waals surface area contributed by atoms with Gasteiger partial charge in [-0.3, -0.25) is 14.2 Å². The van der Waals surface area contributed by atoms with Gasteiger partial charge >= 0.3 is 0 Å². The first-order chi connectivity index (χ1) is 12.0. The molecule has 0 saturated heterocycles. The number of fused-ring (bicyclic) bond motifs is 1. The zero-order chi connectivity index (χ0) is 18.0. The van der Waals surface area contributed by atoms with Crippen molar-refractivity contribution in [3.05, 3.63) is 34.6 Å². The number of benzene rings is 1. The molecule has 0 bridgehead atoms. The normalized spacial score (nSPS) is 16.5. The number of thioether (sulfide) groups is 1. The number of para-hydroxylation sites is 1. The lowest BCUT2D eigenvalue weighted by Gasteiger charge is -2.21. The van der Waals surface area contributed by atoms with Crippen LogP contribution in [0.4, 0.5) is 0 Å². The summed E-state index contributed by atoms with van der Waals surface area (Å²) < 4.78 is 1.83. The molecular weight excluding hydrogens is 334 g/mol. The maximum absolute atomic E-state index is 13.1. The summed E-state index contributed by atoms with van der Waals surface area (Å²) in [5.74, 6) is -0.0274. The Labute approximate surface area is 152 Å². The fourth-order valence-electron chi connectivity index (χ4n) is 3.31. The van der Waals surface area contributed by atoms with E-state index in [0.717, 1.165) is 25.7 Å². The Hall–Kier alpha value is -1.82. The molecule has 1 aliphatic carbocycles. The Morgan fingerprint density at radius 1 is 1.24 bits per heavy atom. The van der Waals surface area contributed by atoms with Crippen LogP contribution in [0, 0.1) is 0 Å². The molecule has 1 aromatic heterocycles. The first kappa shape index (κ1) is 18.0. The van der Waals surface area contributed by atoms with E-state index in [9.17, 15) is 9.59 Å². The molecule has 1 aliphatic rings. The number of hydrogen-bond acceptors (Lipinski definition) is 4. The van der Waals surface area contributed by atoms with Crippen molar-refractivity contribution in [2.24, 2.45) is 0 Å². The van der Waals surface area contributed by atoms with E-state index in [0.29, 0.717) is 16.1 Å². The third-order valence-electron chi connectivity index (χ3n) is 4.55. The molecule has 1 aromatic carbocycles. The van der Waals surface area contributed by atoms with Gasteiger partial charge in [0.2, 0.25) is 5.91 Å². The van der Waals surface area contributed by atoms with Gasteiger partial charge in [-0.1, -0.05) is 36.7 Å². The lowest BCUT2D eigenvalue weighted by molar-refractivity contribution is -0.120. The predicted molar refractivity (Wildman–Crippen MR) is 102 cm³/mol. The molecule has 1 heterocycles. The summed E-state index contributed by atoms with van der Waals surface area (Å²) in [6, 6.07) is 7.73. The fraction of sp³-hybridized carbons (Fsp3) is 0.526.